The maximum Gasteiger partial charge on any atom is 0.234 e. The van der Waals surface area contributed by atoms with Gasteiger partial charge in [-0.1, -0.05) is 41.6 Å². The minimum atomic E-state index is -0.386. The number of thioether (sulfide) groups is 1. The molecule has 0 fully saturated rings. The summed E-state index contributed by atoms with van der Waals surface area (Å²) in [7, 11) is 0. The normalized spacial score (nSPS) is 16.3. The van der Waals surface area contributed by atoms with Gasteiger partial charge in [0.15, 0.2) is 0 Å². The van der Waals surface area contributed by atoms with E-state index in [-0.39, 0.29) is 35.7 Å². The average molecular weight is 395 g/mol. The predicted molar refractivity (Wildman–Crippen MR) is 107 cm³/mol. The predicted octanol–water partition coefficient (Wildman–Crippen LogP) is 3.84. The standard InChI is InChI=1S/C21H18FN3O2S/c1-13-2-4-14(5-3-13)17-10-19(26)25-21(18(17)11-23)28-12-20(27)24-16-8-6-15(22)7-9-16/h2-9,17H,10,12H2,1H3,(H,24,27)(H,25,26)/t17-/m1/s1. The fourth-order valence-electron chi connectivity index (χ4n) is 2.88. The summed E-state index contributed by atoms with van der Waals surface area (Å²) in [6.07, 6.45) is 0.192. The first-order valence-corrected chi connectivity index (χ1v) is 9.63. The number of nitriles is 1. The van der Waals surface area contributed by atoms with E-state index in [1.54, 1.807) is 0 Å². The highest BCUT2D eigenvalue weighted by atomic mass is 32.2. The second-order valence-corrected chi connectivity index (χ2v) is 7.40. The lowest BCUT2D eigenvalue weighted by Crippen LogP contribution is -2.31. The van der Waals surface area contributed by atoms with Crippen molar-refractivity contribution in [1.82, 2.24) is 5.32 Å². The second-order valence-electron chi connectivity index (χ2n) is 6.41. The van der Waals surface area contributed by atoms with Crippen LogP contribution in [0.1, 0.15) is 23.5 Å². The number of nitrogens with zero attached hydrogens (tertiary/aromatic N) is 1. The van der Waals surface area contributed by atoms with E-state index in [0.717, 1.165) is 22.9 Å². The van der Waals surface area contributed by atoms with Crippen molar-refractivity contribution < 1.29 is 14.0 Å². The summed E-state index contributed by atoms with van der Waals surface area (Å²) in [5, 5.41) is 15.4. The summed E-state index contributed by atoms with van der Waals surface area (Å²) in [6.45, 7) is 1.97. The van der Waals surface area contributed by atoms with Crippen molar-refractivity contribution in [3.05, 3.63) is 76.1 Å². The topological polar surface area (TPSA) is 82.0 Å². The maximum atomic E-state index is 12.9. The number of hydrogen-bond acceptors (Lipinski definition) is 4. The zero-order valence-electron chi connectivity index (χ0n) is 15.2. The van der Waals surface area contributed by atoms with Crippen molar-refractivity contribution in [1.29, 1.82) is 5.26 Å². The lowest BCUT2D eigenvalue weighted by Gasteiger charge is -2.25. The number of benzene rings is 2. The van der Waals surface area contributed by atoms with Crippen molar-refractivity contribution in [2.75, 3.05) is 11.1 Å². The van der Waals surface area contributed by atoms with Gasteiger partial charge in [-0.2, -0.15) is 5.26 Å². The van der Waals surface area contributed by atoms with E-state index in [0.29, 0.717) is 16.3 Å². The molecule has 2 amide bonds. The van der Waals surface area contributed by atoms with Crippen molar-refractivity contribution in [3.8, 4) is 6.07 Å². The van der Waals surface area contributed by atoms with Gasteiger partial charge >= 0.3 is 0 Å². The lowest BCUT2D eigenvalue weighted by atomic mass is 9.87. The van der Waals surface area contributed by atoms with E-state index in [1.807, 2.05) is 31.2 Å². The van der Waals surface area contributed by atoms with Crippen LogP contribution in [0.5, 0.6) is 0 Å². The van der Waals surface area contributed by atoms with Crippen molar-refractivity contribution in [2.45, 2.75) is 19.3 Å². The van der Waals surface area contributed by atoms with Crippen molar-refractivity contribution in [3.63, 3.8) is 0 Å². The Morgan fingerprint density at radius 3 is 2.57 bits per heavy atom. The Labute approximate surface area is 166 Å². The van der Waals surface area contributed by atoms with E-state index in [4.69, 9.17) is 0 Å². The number of aryl methyl sites for hydroxylation is 1. The largest absolute Gasteiger partial charge is 0.325 e. The highest BCUT2D eigenvalue weighted by Gasteiger charge is 2.29. The second kappa shape index (κ2) is 8.72. The summed E-state index contributed by atoms with van der Waals surface area (Å²) in [5.74, 6) is -1.21. The van der Waals surface area contributed by atoms with Crippen LogP contribution >= 0.6 is 11.8 Å². The zero-order chi connectivity index (χ0) is 20.1. The van der Waals surface area contributed by atoms with Crippen LogP contribution in [0.3, 0.4) is 0 Å². The van der Waals surface area contributed by atoms with E-state index < -0.39 is 0 Å². The molecule has 0 spiro atoms. The zero-order valence-corrected chi connectivity index (χ0v) is 16.0. The van der Waals surface area contributed by atoms with Crippen LogP contribution < -0.4 is 10.6 Å². The minimum absolute atomic E-state index is 0.0127. The van der Waals surface area contributed by atoms with Crippen LogP contribution in [0.4, 0.5) is 10.1 Å². The number of halogens is 1. The van der Waals surface area contributed by atoms with Gasteiger partial charge in [0.2, 0.25) is 11.8 Å². The van der Waals surface area contributed by atoms with Gasteiger partial charge in [-0.05, 0) is 36.8 Å². The van der Waals surface area contributed by atoms with Gasteiger partial charge in [0.1, 0.15) is 5.82 Å². The van der Waals surface area contributed by atoms with Gasteiger partial charge in [0.05, 0.1) is 22.4 Å². The Bertz CT molecular complexity index is 963. The molecule has 1 aliphatic heterocycles. The molecule has 28 heavy (non-hydrogen) atoms. The monoisotopic (exact) mass is 395 g/mol. The van der Waals surface area contributed by atoms with Gasteiger partial charge in [-0.25, -0.2) is 4.39 Å². The van der Waals surface area contributed by atoms with E-state index in [1.165, 1.54) is 24.3 Å². The summed E-state index contributed by atoms with van der Waals surface area (Å²) < 4.78 is 12.9. The highest BCUT2D eigenvalue weighted by molar-refractivity contribution is 8.03. The van der Waals surface area contributed by atoms with Gasteiger partial charge in [0.25, 0.3) is 0 Å². The number of carbonyl (C=O) groups excluding carboxylic acids is 2. The number of rotatable bonds is 5. The molecular formula is C21H18FN3O2S. The first-order chi connectivity index (χ1) is 13.5. The SMILES string of the molecule is Cc1ccc([C@H]2CC(=O)NC(SCC(=O)Nc3ccc(F)cc3)=C2C#N)cc1. The molecule has 0 saturated heterocycles. The molecule has 2 aromatic rings. The lowest BCUT2D eigenvalue weighted by molar-refractivity contribution is -0.121. The molecule has 5 nitrogen and oxygen atoms in total. The van der Waals surface area contributed by atoms with E-state index >= 15 is 0 Å². The van der Waals surface area contributed by atoms with Crippen LogP contribution in [0.2, 0.25) is 0 Å². The molecule has 142 valence electrons. The molecule has 1 aliphatic rings. The molecule has 0 unspecified atom stereocenters. The Morgan fingerprint density at radius 1 is 1.25 bits per heavy atom. The molecule has 0 radical (unpaired) electrons. The Morgan fingerprint density at radius 2 is 1.93 bits per heavy atom. The molecule has 2 aromatic carbocycles. The van der Waals surface area contributed by atoms with Gasteiger partial charge in [-0.15, -0.1) is 0 Å². The Kier molecular flexibility index (Phi) is 6.12. The van der Waals surface area contributed by atoms with E-state index in [2.05, 4.69) is 16.7 Å². The van der Waals surface area contributed by atoms with Crippen molar-refractivity contribution in [2.24, 2.45) is 0 Å². The van der Waals surface area contributed by atoms with Crippen LogP contribution in [0.15, 0.2) is 59.1 Å². The molecule has 0 saturated carbocycles. The molecule has 1 heterocycles. The molecular weight excluding hydrogens is 377 g/mol. The number of carbonyl (C=O) groups is 2. The van der Waals surface area contributed by atoms with Crippen LogP contribution in [-0.4, -0.2) is 17.6 Å². The summed E-state index contributed by atoms with van der Waals surface area (Å²) in [6, 6.07) is 15.4. The molecule has 7 heteroatoms. The van der Waals surface area contributed by atoms with Gasteiger partial charge < -0.3 is 10.6 Å². The van der Waals surface area contributed by atoms with E-state index in [9.17, 15) is 19.2 Å². The Balaban J connectivity index is 1.73. The molecule has 2 N–H and O–H groups in total. The van der Waals surface area contributed by atoms with Crippen LogP contribution in [0, 0.1) is 24.1 Å². The molecule has 0 bridgehead atoms. The third kappa shape index (κ3) is 4.78. The van der Waals surface area contributed by atoms with Crippen LogP contribution in [0.25, 0.3) is 0 Å². The number of amides is 2. The van der Waals surface area contributed by atoms with Crippen molar-refractivity contribution >= 4 is 29.3 Å². The van der Waals surface area contributed by atoms with Gasteiger partial charge in [-0.3, -0.25) is 9.59 Å². The smallest absolute Gasteiger partial charge is 0.234 e. The molecule has 3 rings (SSSR count). The maximum absolute atomic E-state index is 12.9. The first-order valence-electron chi connectivity index (χ1n) is 8.65. The number of nitrogens with one attached hydrogen (secondary N) is 2. The number of anilines is 1. The average Bonchev–Trinajstić information content (AvgIpc) is 2.68. The molecule has 0 aromatic heterocycles. The Hall–Kier alpha value is -3.11. The quantitative estimate of drug-likeness (QED) is 0.806. The molecule has 1 atom stereocenters. The summed E-state index contributed by atoms with van der Waals surface area (Å²) in [4.78, 5) is 24.3. The number of allylic oxidation sites excluding steroid dienone is 1. The fraction of sp³-hybridized carbons (Fsp3) is 0.190. The third-order valence-electron chi connectivity index (χ3n) is 4.31. The fourth-order valence-corrected chi connectivity index (χ4v) is 3.76. The number of hydrogen-bond donors (Lipinski definition) is 2. The highest BCUT2D eigenvalue weighted by Crippen LogP contribution is 2.36. The summed E-state index contributed by atoms with van der Waals surface area (Å²) >= 11 is 1.10. The third-order valence-corrected chi connectivity index (χ3v) is 5.33. The molecule has 0 aliphatic carbocycles. The first kappa shape index (κ1) is 19.6. The van der Waals surface area contributed by atoms with Crippen LogP contribution in [-0.2, 0) is 9.59 Å². The minimum Gasteiger partial charge on any atom is -0.325 e. The summed E-state index contributed by atoms with van der Waals surface area (Å²) in [5.41, 5.74) is 2.92. The van der Waals surface area contributed by atoms with Gasteiger partial charge in [0, 0.05) is 18.0 Å².